The van der Waals surface area contributed by atoms with Crippen LogP contribution in [0.1, 0.15) is 34.6 Å². The zero-order valence-electron chi connectivity index (χ0n) is 19.4. The average Bonchev–Trinajstić information content (AvgIpc) is 3.49. The fourth-order valence-corrected chi connectivity index (χ4v) is 5.56. The van der Waals surface area contributed by atoms with Crippen molar-refractivity contribution in [2.45, 2.75) is 38.8 Å². The predicted octanol–water partition coefficient (Wildman–Crippen LogP) is 6.18. The molecule has 2 unspecified atom stereocenters. The van der Waals surface area contributed by atoms with E-state index < -0.39 is 12.7 Å². The molecule has 7 heteroatoms. The van der Waals surface area contributed by atoms with E-state index in [-0.39, 0.29) is 11.8 Å². The number of benzene rings is 2. The summed E-state index contributed by atoms with van der Waals surface area (Å²) in [6.07, 6.45) is 2.98. The van der Waals surface area contributed by atoms with Crippen LogP contribution in [0.25, 0.3) is 16.6 Å². The number of fused-ring (bicyclic) bond motifs is 1. The monoisotopic (exact) mass is 466 g/mol. The first-order valence-electron chi connectivity index (χ1n) is 11.7. The molecule has 4 aromatic rings. The van der Waals surface area contributed by atoms with Crippen LogP contribution < -0.4 is 0 Å². The number of halogens is 3. The number of aryl methyl sites for hydroxylation is 2. The fraction of sp³-hybridized carbons (Fsp3) is 0.370. The molecule has 1 saturated heterocycles. The Morgan fingerprint density at radius 3 is 2.59 bits per heavy atom. The van der Waals surface area contributed by atoms with Gasteiger partial charge in [-0.1, -0.05) is 18.2 Å². The van der Waals surface area contributed by atoms with Crippen molar-refractivity contribution in [1.82, 2.24) is 19.7 Å². The van der Waals surface area contributed by atoms with Crippen molar-refractivity contribution in [3.05, 3.63) is 83.3 Å². The number of aromatic nitrogens is 3. The summed E-state index contributed by atoms with van der Waals surface area (Å²) >= 11 is 0. The van der Waals surface area contributed by atoms with Gasteiger partial charge in [0.15, 0.2) is 0 Å². The van der Waals surface area contributed by atoms with E-state index >= 15 is 0 Å². The highest BCUT2D eigenvalue weighted by Gasteiger charge is 2.37. The van der Waals surface area contributed by atoms with E-state index in [1.165, 1.54) is 22.1 Å². The third-order valence-corrected chi connectivity index (χ3v) is 7.17. The Balaban J connectivity index is 1.46. The van der Waals surface area contributed by atoms with Crippen molar-refractivity contribution in [3.8, 4) is 5.69 Å². The molecular formula is C27H29F3N4. The summed E-state index contributed by atoms with van der Waals surface area (Å²) in [7, 11) is 0. The Kier molecular flexibility index (Phi) is 5.98. The fourth-order valence-electron chi connectivity index (χ4n) is 5.56. The largest absolute Gasteiger partial charge is 0.401 e. The van der Waals surface area contributed by atoms with Gasteiger partial charge in [-0.05, 0) is 91.6 Å². The van der Waals surface area contributed by atoms with E-state index in [1.807, 2.05) is 30.6 Å². The first kappa shape index (κ1) is 22.7. The maximum atomic E-state index is 13.2. The van der Waals surface area contributed by atoms with Crippen LogP contribution in [-0.4, -0.2) is 45.5 Å². The molecule has 2 atom stereocenters. The minimum absolute atomic E-state index is 0.0254. The summed E-state index contributed by atoms with van der Waals surface area (Å²) < 4.78 is 41.4. The number of nitrogens with one attached hydrogen (secondary N) is 1. The standard InChI is InChI=1S/C27H29F3N4/c1-18-14-19(2)26-23(8-11-31-26)24(18)15-21-9-13-33(17-27(28,29)30)16-25(21)20-4-6-22(7-5-20)34-12-3-10-32-34/h3-8,10-12,14,21,25,31H,9,13,15-17H2,1-2H3. The van der Waals surface area contributed by atoms with Crippen molar-refractivity contribution >= 4 is 10.9 Å². The van der Waals surface area contributed by atoms with Crippen LogP contribution >= 0.6 is 0 Å². The zero-order valence-corrected chi connectivity index (χ0v) is 19.4. The highest BCUT2D eigenvalue weighted by Crippen LogP contribution is 2.38. The number of alkyl halides is 3. The zero-order chi connectivity index (χ0) is 23.9. The molecule has 1 fully saturated rings. The van der Waals surface area contributed by atoms with Crippen molar-refractivity contribution in [3.63, 3.8) is 0 Å². The summed E-state index contributed by atoms with van der Waals surface area (Å²) in [5.41, 5.74) is 6.94. The molecule has 0 bridgehead atoms. The molecule has 178 valence electrons. The average molecular weight is 467 g/mol. The van der Waals surface area contributed by atoms with Crippen molar-refractivity contribution in [2.24, 2.45) is 5.92 Å². The Bertz CT molecular complexity index is 1260. The van der Waals surface area contributed by atoms with E-state index in [4.69, 9.17) is 0 Å². The summed E-state index contributed by atoms with van der Waals surface area (Å²) in [5.74, 6) is 0.289. The van der Waals surface area contributed by atoms with Gasteiger partial charge in [0.2, 0.25) is 0 Å². The Labute approximate surface area is 197 Å². The molecule has 1 aliphatic heterocycles. The van der Waals surface area contributed by atoms with Crippen LogP contribution in [0.2, 0.25) is 0 Å². The summed E-state index contributed by atoms with van der Waals surface area (Å²) in [6, 6.07) is 14.3. The van der Waals surface area contributed by atoms with Gasteiger partial charge in [-0.2, -0.15) is 18.3 Å². The van der Waals surface area contributed by atoms with Crippen LogP contribution in [0.5, 0.6) is 0 Å². The van der Waals surface area contributed by atoms with E-state index in [1.54, 1.807) is 15.8 Å². The van der Waals surface area contributed by atoms with Gasteiger partial charge in [0.1, 0.15) is 0 Å². The summed E-state index contributed by atoms with van der Waals surface area (Å²) in [6.45, 7) is 4.27. The molecule has 2 aromatic carbocycles. The number of hydrogen-bond acceptors (Lipinski definition) is 2. The SMILES string of the molecule is Cc1cc(C)c2[nH]ccc2c1CC1CCN(CC(F)(F)F)CC1c1ccc(-n2cccn2)cc1. The Hall–Kier alpha value is -3.06. The number of hydrogen-bond donors (Lipinski definition) is 1. The topological polar surface area (TPSA) is 36.9 Å². The molecule has 0 aliphatic carbocycles. The van der Waals surface area contributed by atoms with Gasteiger partial charge >= 0.3 is 6.18 Å². The summed E-state index contributed by atoms with van der Waals surface area (Å²) in [4.78, 5) is 4.91. The molecule has 0 spiro atoms. The van der Waals surface area contributed by atoms with Crippen molar-refractivity contribution < 1.29 is 13.2 Å². The number of rotatable bonds is 5. The molecule has 5 rings (SSSR count). The molecular weight excluding hydrogens is 437 g/mol. The number of likely N-dealkylation sites (tertiary alicyclic amines) is 1. The van der Waals surface area contributed by atoms with Gasteiger partial charge < -0.3 is 4.98 Å². The molecule has 2 aromatic heterocycles. The molecule has 1 aliphatic rings. The second-order valence-corrected chi connectivity index (χ2v) is 9.51. The molecule has 1 N–H and O–H groups in total. The van der Waals surface area contributed by atoms with Crippen molar-refractivity contribution in [1.29, 1.82) is 0 Å². The highest BCUT2D eigenvalue weighted by atomic mass is 19.4. The maximum Gasteiger partial charge on any atom is 0.401 e. The van der Waals surface area contributed by atoms with E-state index in [0.717, 1.165) is 29.6 Å². The molecule has 4 nitrogen and oxygen atoms in total. The van der Waals surface area contributed by atoms with Gasteiger partial charge in [-0.25, -0.2) is 4.68 Å². The number of aromatic amines is 1. The normalized spacial score (nSPS) is 19.7. The maximum absolute atomic E-state index is 13.2. The van der Waals surface area contributed by atoms with E-state index in [2.05, 4.69) is 48.2 Å². The predicted molar refractivity (Wildman–Crippen MR) is 128 cm³/mol. The van der Waals surface area contributed by atoms with E-state index in [0.29, 0.717) is 13.1 Å². The third-order valence-electron chi connectivity index (χ3n) is 7.17. The number of piperidine rings is 1. The van der Waals surface area contributed by atoms with Gasteiger partial charge in [0.25, 0.3) is 0 Å². The quantitative estimate of drug-likeness (QED) is 0.381. The highest BCUT2D eigenvalue weighted by molar-refractivity contribution is 5.87. The first-order valence-corrected chi connectivity index (χ1v) is 11.7. The molecule has 0 saturated carbocycles. The number of nitrogens with zero attached hydrogens (tertiary/aromatic N) is 3. The smallest absolute Gasteiger partial charge is 0.361 e. The molecule has 0 radical (unpaired) electrons. The van der Waals surface area contributed by atoms with Crippen LogP contribution in [0.3, 0.4) is 0 Å². The minimum atomic E-state index is -4.19. The minimum Gasteiger partial charge on any atom is -0.361 e. The van der Waals surface area contributed by atoms with Crippen LogP contribution in [0.4, 0.5) is 13.2 Å². The molecule has 3 heterocycles. The lowest BCUT2D eigenvalue weighted by molar-refractivity contribution is -0.149. The molecule has 0 amide bonds. The lowest BCUT2D eigenvalue weighted by Crippen LogP contribution is -2.44. The van der Waals surface area contributed by atoms with Crippen LogP contribution in [0, 0.1) is 19.8 Å². The van der Waals surface area contributed by atoms with Crippen LogP contribution in [-0.2, 0) is 6.42 Å². The lowest BCUT2D eigenvalue weighted by atomic mass is 9.76. The lowest BCUT2D eigenvalue weighted by Gasteiger charge is -2.39. The van der Waals surface area contributed by atoms with Gasteiger partial charge in [0.05, 0.1) is 12.2 Å². The second-order valence-electron chi connectivity index (χ2n) is 9.51. The first-order chi connectivity index (χ1) is 16.3. The van der Waals surface area contributed by atoms with Gasteiger partial charge in [-0.3, -0.25) is 4.90 Å². The number of H-pyrrole nitrogens is 1. The Morgan fingerprint density at radius 2 is 1.88 bits per heavy atom. The third kappa shape index (κ3) is 4.62. The van der Waals surface area contributed by atoms with E-state index in [9.17, 15) is 13.2 Å². The second kappa shape index (κ2) is 8.95. The van der Waals surface area contributed by atoms with Gasteiger partial charge in [-0.15, -0.1) is 0 Å². The van der Waals surface area contributed by atoms with Crippen molar-refractivity contribution in [2.75, 3.05) is 19.6 Å². The summed E-state index contributed by atoms with van der Waals surface area (Å²) in [5, 5.41) is 5.50. The Morgan fingerprint density at radius 1 is 1.09 bits per heavy atom. The van der Waals surface area contributed by atoms with Crippen LogP contribution in [0.15, 0.2) is 61.1 Å². The molecule has 34 heavy (non-hydrogen) atoms. The van der Waals surface area contributed by atoms with Gasteiger partial charge in [0, 0.05) is 36.0 Å².